The minimum absolute atomic E-state index is 0.0717. The van der Waals surface area contributed by atoms with E-state index >= 15 is 0 Å². The van der Waals surface area contributed by atoms with Crippen LogP contribution >= 0.6 is 23.5 Å². The Morgan fingerprint density at radius 3 is 2.68 bits per heavy atom. The van der Waals surface area contributed by atoms with E-state index in [0.29, 0.717) is 17.4 Å². The Morgan fingerprint density at radius 1 is 1.25 bits per heavy atom. The van der Waals surface area contributed by atoms with Crippen LogP contribution in [-0.4, -0.2) is 56.9 Å². The summed E-state index contributed by atoms with van der Waals surface area (Å²) in [5.74, 6) is 2.70. The quantitative estimate of drug-likeness (QED) is 0.658. The Bertz CT molecular complexity index is 773. The molecule has 28 heavy (non-hydrogen) atoms. The first-order valence-corrected chi connectivity index (χ1v) is 10.9. The molecule has 2 aromatic rings. The Morgan fingerprint density at radius 2 is 2.00 bits per heavy atom. The second-order valence-electron chi connectivity index (χ2n) is 7.46. The third-order valence-corrected chi connectivity index (χ3v) is 6.32. The molecule has 0 bridgehead atoms. The van der Waals surface area contributed by atoms with Gasteiger partial charge in [0.1, 0.15) is 18.0 Å². The van der Waals surface area contributed by atoms with E-state index in [4.69, 9.17) is 11.6 Å². The van der Waals surface area contributed by atoms with Gasteiger partial charge in [-0.1, -0.05) is 42.6 Å². The van der Waals surface area contributed by atoms with Crippen molar-refractivity contribution < 1.29 is 5.11 Å². The first-order chi connectivity index (χ1) is 13.4. The van der Waals surface area contributed by atoms with Crippen molar-refractivity contribution in [3.05, 3.63) is 47.2 Å². The summed E-state index contributed by atoms with van der Waals surface area (Å²) in [5.41, 5.74) is 0.889. The first kappa shape index (κ1) is 21.2. The molecule has 2 heterocycles. The number of hydrogen-bond donors (Lipinski definition) is 2. The van der Waals surface area contributed by atoms with E-state index in [1.54, 1.807) is 18.5 Å². The van der Waals surface area contributed by atoms with Gasteiger partial charge in [-0.2, -0.15) is 0 Å². The van der Waals surface area contributed by atoms with Gasteiger partial charge in [-0.25, -0.2) is 14.3 Å². The van der Waals surface area contributed by atoms with Gasteiger partial charge >= 0.3 is 0 Å². The lowest BCUT2D eigenvalue weighted by molar-refractivity contribution is 0.191. The van der Waals surface area contributed by atoms with Gasteiger partial charge in [0.2, 0.25) is 0 Å². The van der Waals surface area contributed by atoms with E-state index in [2.05, 4.69) is 45.3 Å². The maximum Gasteiger partial charge on any atom is 0.134 e. The van der Waals surface area contributed by atoms with Crippen LogP contribution in [0.1, 0.15) is 32.4 Å². The van der Waals surface area contributed by atoms with Gasteiger partial charge in [0.05, 0.1) is 6.10 Å². The van der Waals surface area contributed by atoms with Crippen LogP contribution in [0, 0.1) is 0 Å². The highest BCUT2D eigenvalue weighted by Gasteiger charge is 2.34. The predicted molar refractivity (Wildman–Crippen MR) is 118 cm³/mol. The summed E-state index contributed by atoms with van der Waals surface area (Å²) in [5, 5.41) is 14.2. The molecule has 1 aliphatic rings. The molecule has 1 aromatic heterocycles. The zero-order valence-electron chi connectivity index (χ0n) is 16.6. The average molecular weight is 422 g/mol. The predicted octanol–water partition coefficient (Wildman–Crippen LogP) is 3.84. The van der Waals surface area contributed by atoms with Gasteiger partial charge in [-0.15, -0.1) is 0 Å². The van der Waals surface area contributed by atoms with E-state index in [0.717, 1.165) is 36.8 Å². The molecule has 1 atom stereocenters. The van der Waals surface area contributed by atoms with Crippen molar-refractivity contribution >= 4 is 35.2 Å². The summed E-state index contributed by atoms with van der Waals surface area (Å²) in [6.45, 7) is 9.92. The Hall–Kier alpha value is -1.54. The molecule has 2 N–H and O–H groups in total. The van der Waals surface area contributed by atoms with Gasteiger partial charge < -0.3 is 15.3 Å². The number of halogens is 1. The molecule has 1 aromatic carbocycles. The summed E-state index contributed by atoms with van der Waals surface area (Å²) in [7, 11) is 0. The molecular formula is C20H28ClN5OS. The molecule has 0 radical (unpaired) electrons. The second-order valence-corrected chi connectivity index (χ2v) is 9.18. The number of hydrogen-bond acceptors (Lipinski definition) is 7. The fourth-order valence-corrected chi connectivity index (χ4v) is 4.41. The topological polar surface area (TPSA) is 64.5 Å². The molecule has 152 valence electrons. The van der Waals surface area contributed by atoms with E-state index in [9.17, 15) is 5.11 Å². The molecule has 6 nitrogen and oxygen atoms in total. The van der Waals surface area contributed by atoms with Gasteiger partial charge in [-0.05, 0) is 31.5 Å². The maximum absolute atomic E-state index is 10.4. The van der Waals surface area contributed by atoms with Crippen LogP contribution in [0.25, 0.3) is 0 Å². The number of anilines is 2. The van der Waals surface area contributed by atoms with Crippen molar-refractivity contribution in [2.24, 2.45) is 0 Å². The van der Waals surface area contributed by atoms with Crippen LogP contribution in [-0.2, 0) is 0 Å². The highest BCUT2D eigenvalue weighted by Crippen LogP contribution is 2.30. The second kappa shape index (κ2) is 9.31. The minimum Gasteiger partial charge on any atom is -0.387 e. The largest absolute Gasteiger partial charge is 0.387 e. The summed E-state index contributed by atoms with van der Waals surface area (Å²) < 4.78 is 2.46. The number of aromatic nitrogens is 2. The molecular weight excluding hydrogens is 394 g/mol. The van der Waals surface area contributed by atoms with Crippen molar-refractivity contribution in [3.8, 4) is 0 Å². The monoisotopic (exact) mass is 421 g/mol. The average Bonchev–Trinajstić information content (AvgIpc) is 2.68. The van der Waals surface area contributed by atoms with E-state index in [1.807, 2.05) is 30.1 Å². The highest BCUT2D eigenvalue weighted by atomic mass is 35.5. The van der Waals surface area contributed by atoms with E-state index in [1.165, 1.54) is 0 Å². The maximum atomic E-state index is 10.4. The fourth-order valence-electron chi connectivity index (χ4n) is 3.35. The fraction of sp³-hybridized carbons (Fsp3) is 0.500. The summed E-state index contributed by atoms with van der Waals surface area (Å²) in [4.78, 5) is 11.1. The Labute approximate surface area is 176 Å². The molecule has 0 spiro atoms. The van der Waals surface area contributed by atoms with Crippen molar-refractivity contribution in [2.75, 3.05) is 42.1 Å². The zero-order valence-corrected chi connectivity index (χ0v) is 18.2. The molecule has 1 saturated heterocycles. The van der Waals surface area contributed by atoms with Gasteiger partial charge in [0, 0.05) is 48.6 Å². The summed E-state index contributed by atoms with van der Waals surface area (Å²) in [6, 6.07) is 9.17. The Kier molecular flexibility index (Phi) is 7.04. The third-order valence-electron chi connectivity index (χ3n) is 4.82. The standard InChI is InChI=1S/C20H28ClN5OS/c1-4-28-26-10-9-25(13-20(26,2)3)19-11-18(23-14-24-19)22-12-17(27)15-5-7-16(21)8-6-15/h5-8,11,14,17,27H,4,9-10,12-13H2,1-3H3,(H,22,23,24). The lowest BCUT2D eigenvalue weighted by Gasteiger charge is -2.46. The number of nitrogens with zero attached hydrogens (tertiary/aromatic N) is 4. The van der Waals surface area contributed by atoms with Crippen LogP contribution in [0.15, 0.2) is 36.7 Å². The Balaban J connectivity index is 1.62. The first-order valence-electron chi connectivity index (χ1n) is 9.54. The lowest BCUT2D eigenvalue weighted by atomic mass is 10.0. The van der Waals surface area contributed by atoms with Crippen molar-refractivity contribution in [1.29, 1.82) is 0 Å². The number of benzene rings is 1. The van der Waals surface area contributed by atoms with Gasteiger partial charge in [-0.3, -0.25) is 0 Å². The summed E-state index contributed by atoms with van der Waals surface area (Å²) in [6.07, 6.45) is 0.941. The number of piperazine rings is 1. The molecule has 1 fully saturated rings. The molecule has 1 unspecified atom stereocenters. The van der Waals surface area contributed by atoms with Crippen LogP contribution in [0.4, 0.5) is 11.6 Å². The summed E-state index contributed by atoms with van der Waals surface area (Å²) >= 11 is 7.80. The normalized spacial score (nSPS) is 18.1. The molecule has 0 aliphatic carbocycles. The van der Waals surface area contributed by atoms with Crippen molar-refractivity contribution in [3.63, 3.8) is 0 Å². The van der Waals surface area contributed by atoms with E-state index in [-0.39, 0.29) is 5.54 Å². The molecule has 1 aliphatic heterocycles. The lowest BCUT2D eigenvalue weighted by Crippen LogP contribution is -2.56. The molecule has 0 amide bonds. The van der Waals surface area contributed by atoms with Crippen LogP contribution in [0.3, 0.4) is 0 Å². The molecule has 8 heteroatoms. The van der Waals surface area contributed by atoms with Crippen LogP contribution < -0.4 is 10.2 Å². The van der Waals surface area contributed by atoms with Crippen molar-refractivity contribution in [1.82, 2.24) is 14.3 Å². The third kappa shape index (κ3) is 5.29. The number of nitrogens with one attached hydrogen (secondary N) is 1. The number of rotatable bonds is 7. The number of aliphatic hydroxyl groups excluding tert-OH is 1. The smallest absolute Gasteiger partial charge is 0.134 e. The number of aliphatic hydroxyl groups is 1. The zero-order chi connectivity index (χ0) is 20.1. The van der Waals surface area contributed by atoms with Crippen LogP contribution in [0.5, 0.6) is 0 Å². The van der Waals surface area contributed by atoms with Gasteiger partial charge in [0.25, 0.3) is 0 Å². The van der Waals surface area contributed by atoms with E-state index < -0.39 is 6.10 Å². The van der Waals surface area contributed by atoms with Crippen LogP contribution in [0.2, 0.25) is 5.02 Å². The van der Waals surface area contributed by atoms with Gasteiger partial charge in [0.15, 0.2) is 0 Å². The minimum atomic E-state index is -0.635. The molecule has 3 rings (SSSR count). The molecule has 0 saturated carbocycles. The SMILES string of the molecule is CCSN1CCN(c2cc(NCC(O)c3ccc(Cl)cc3)ncn2)CC1(C)C. The highest BCUT2D eigenvalue weighted by molar-refractivity contribution is 7.97. The van der Waals surface area contributed by atoms with Crippen molar-refractivity contribution in [2.45, 2.75) is 32.4 Å².